The van der Waals surface area contributed by atoms with Gasteiger partial charge < -0.3 is 10.2 Å². The van der Waals surface area contributed by atoms with Gasteiger partial charge in [0, 0.05) is 25.2 Å². The third-order valence-corrected chi connectivity index (χ3v) is 5.82. The Labute approximate surface area is 134 Å². The second-order valence-electron chi connectivity index (χ2n) is 7.55. The third-order valence-electron chi connectivity index (χ3n) is 5.82. The molecule has 3 aliphatic heterocycles. The Bertz CT molecular complexity index is 345. The average molecular weight is 313 g/mol. The van der Waals surface area contributed by atoms with E-state index >= 15 is 0 Å². The molecule has 22 heavy (non-hydrogen) atoms. The summed E-state index contributed by atoms with van der Waals surface area (Å²) in [6.45, 7) is 6.05. The van der Waals surface area contributed by atoms with E-state index in [4.69, 9.17) is 4.84 Å². The Morgan fingerprint density at radius 2 is 2.14 bits per heavy atom. The predicted octanol–water partition coefficient (Wildman–Crippen LogP) is -1.92. The zero-order valence-corrected chi connectivity index (χ0v) is 14.5. The van der Waals surface area contributed by atoms with E-state index < -0.39 is 0 Å². The number of piperidine rings is 1. The van der Waals surface area contributed by atoms with E-state index in [1.165, 1.54) is 51.7 Å². The SMILES string of the molecule is CCC[NH+]1CCC[C@H]1C1NC(C2CCC(N(C)C)[NH2+]C2)NO1. The third kappa shape index (κ3) is 3.63. The van der Waals surface area contributed by atoms with Gasteiger partial charge in [-0.1, -0.05) is 6.92 Å². The highest BCUT2D eigenvalue weighted by atomic mass is 16.7. The molecule has 0 bridgehead atoms. The first-order chi connectivity index (χ1) is 10.7. The zero-order valence-electron chi connectivity index (χ0n) is 14.5. The topological polar surface area (TPSA) is 57.6 Å². The van der Waals surface area contributed by atoms with E-state index in [1.807, 2.05) is 0 Å². The molecule has 6 nitrogen and oxygen atoms in total. The van der Waals surface area contributed by atoms with Gasteiger partial charge in [0.15, 0.2) is 6.23 Å². The van der Waals surface area contributed by atoms with Crippen molar-refractivity contribution in [3.63, 3.8) is 0 Å². The van der Waals surface area contributed by atoms with Crippen molar-refractivity contribution >= 4 is 0 Å². The molecule has 0 aliphatic carbocycles. The van der Waals surface area contributed by atoms with E-state index in [1.54, 1.807) is 4.90 Å². The molecule has 6 atom stereocenters. The predicted molar refractivity (Wildman–Crippen MR) is 85.9 cm³/mol. The Morgan fingerprint density at radius 1 is 1.27 bits per heavy atom. The Kier molecular flexibility index (Phi) is 5.70. The van der Waals surface area contributed by atoms with Crippen LogP contribution in [-0.2, 0) is 4.84 Å². The standard InChI is InChI=1S/C16H33N5O/c1-4-9-21-10-5-6-13(21)16-18-15(19-22-16)12-7-8-14(17-11-12)20(2)3/h12-19H,4-11H2,1-3H3/p+2/t12?,13-,14?,15?,16?/m0/s1. The van der Waals surface area contributed by atoms with Gasteiger partial charge in [0.05, 0.1) is 25.8 Å². The van der Waals surface area contributed by atoms with Crippen LogP contribution in [0.15, 0.2) is 0 Å². The van der Waals surface area contributed by atoms with Gasteiger partial charge in [-0.3, -0.25) is 15.1 Å². The first kappa shape index (κ1) is 16.6. The quantitative estimate of drug-likeness (QED) is 0.478. The molecule has 3 heterocycles. The molecular weight excluding hydrogens is 278 g/mol. The fourth-order valence-corrected chi connectivity index (χ4v) is 4.48. The van der Waals surface area contributed by atoms with Gasteiger partial charge in [0.2, 0.25) is 0 Å². The van der Waals surface area contributed by atoms with Gasteiger partial charge >= 0.3 is 0 Å². The number of likely N-dealkylation sites (tertiary alicyclic amines) is 1. The Balaban J connectivity index is 1.48. The molecule has 0 amide bonds. The van der Waals surface area contributed by atoms with Gasteiger partial charge in [0.1, 0.15) is 12.2 Å². The first-order valence-electron chi connectivity index (χ1n) is 9.20. The number of hydroxylamine groups is 1. The van der Waals surface area contributed by atoms with E-state index in [2.05, 4.69) is 42.0 Å². The lowest BCUT2D eigenvalue weighted by molar-refractivity contribution is -0.916. The minimum atomic E-state index is 0.195. The molecule has 3 rings (SSSR count). The van der Waals surface area contributed by atoms with Crippen molar-refractivity contribution in [2.24, 2.45) is 5.92 Å². The van der Waals surface area contributed by atoms with Crippen LogP contribution in [0.2, 0.25) is 0 Å². The summed E-state index contributed by atoms with van der Waals surface area (Å²) in [5.74, 6) is 0.664. The normalized spacial score (nSPS) is 43.1. The number of hydrogen-bond acceptors (Lipinski definition) is 4. The van der Waals surface area contributed by atoms with Crippen LogP contribution in [0.1, 0.15) is 39.0 Å². The number of rotatable bonds is 5. The molecule has 5 unspecified atom stereocenters. The number of nitrogens with zero attached hydrogens (tertiary/aromatic N) is 1. The van der Waals surface area contributed by atoms with Crippen molar-refractivity contribution in [3.05, 3.63) is 0 Å². The van der Waals surface area contributed by atoms with Gasteiger partial charge in [0.25, 0.3) is 0 Å². The van der Waals surface area contributed by atoms with Gasteiger partial charge in [-0.25, -0.2) is 0 Å². The van der Waals surface area contributed by atoms with Crippen molar-refractivity contribution in [1.82, 2.24) is 15.7 Å². The van der Waals surface area contributed by atoms with Crippen LogP contribution in [0.5, 0.6) is 0 Å². The molecule has 0 aromatic heterocycles. The summed E-state index contributed by atoms with van der Waals surface area (Å²) in [7, 11) is 4.36. The van der Waals surface area contributed by atoms with Crippen LogP contribution in [0.3, 0.4) is 0 Å². The van der Waals surface area contributed by atoms with E-state index in [0.29, 0.717) is 24.3 Å². The number of hydrogen-bond donors (Lipinski definition) is 4. The molecule has 3 aliphatic rings. The zero-order chi connectivity index (χ0) is 15.5. The molecule has 3 saturated heterocycles. The summed E-state index contributed by atoms with van der Waals surface area (Å²) < 4.78 is 0. The van der Waals surface area contributed by atoms with Crippen LogP contribution in [0.25, 0.3) is 0 Å². The van der Waals surface area contributed by atoms with Crippen molar-refractivity contribution in [2.75, 3.05) is 33.7 Å². The average Bonchev–Trinajstić information content (AvgIpc) is 3.16. The summed E-state index contributed by atoms with van der Waals surface area (Å²) in [4.78, 5) is 10.0. The van der Waals surface area contributed by atoms with E-state index in [9.17, 15) is 0 Å². The van der Waals surface area contributed by atoms with Crippen LogP contribution < -0.4 is 21.0 Å². The van der Waals surface area contributed by atoms with Crippen LogP contribution in [0.4, 0.5) is 0 Å². The maximum atomic E-state index is 5.95. The lowest BCUT2D eigenvalue weighted by Crippen LogP contribution is -3.15. The summed E-state index contributed by atoms with van der Waals surface area (Å²) in [6, 6.07) is 0.625. The summed E-state index contributed by atoms with van der Waals surface area (Å²) in [6.07, 6.45) is 7.60. The van der Waals surface area contributed by atoms with Gasteiger partial charge in [-0.15, -0.1) is 0 Å². The molecule has 0 saturated carbocycles. The maximum Gasteiger partial charge on any atom is 0.183 e. The van der Waals surface area contributed by atoms with Gasteiger partial charge in [-0.2, -0.15) is 5.48 Å². The largest absolute Gasteiger partial charge is 0.331 e. The van der Waals surface area contributed by atoms with E-state index in [-0.39, 0.29) is 6.23 Å². The van der Waals surface area contributed by atoms with Crippen LogP contribution >= 0.6 is 0 Å². The molecule has 5 N–H and O–H groups in total. The van der Waals surface area contributed by atoms with Gasteiger partial charge in [-0.05, 0) is 26.9 Å². The first-order valence-corrected chi connectivity index (χ1v) is 9.20. The van der Waals surface area contributed by atoms with Crippen LogP contribution in [-0.4, -0.2) is 63.2 Å². The molecule has 0 aromatic rings. The highest BCUT2D eigenvalue weighted by Gasteiger charge is 2.43. The van der Waals surface area contributed by atoms with Crippen molar-refractivity contribution in [1.29, 1.82) is 0 Å². The second-order valence-corrected chi connectivity index (χ2v) is 7.55. The fraction of sp³-hybridized carbons (Fsp3) is 1.00. The molecule has 128 valence electrons. The number of quaternary nitrogens is 2. The minimum absolute atomic E-state index is 0.195. The summed E-state index contributed by atoms with van der Waals surface area (Å²) in [5.41, 5.74) is 3.30. The highest BCUT2D eigenvalue weighted by molar-refractivity contribution is 4.83. The molecule has 3 fully saturated rings. The summed E-state index contributed by atoms with van der Waals surface area (Å²) in [5, 5.41) is 6.23. The van der Waals surface area contributed by atoms with Crippen molar-refractivity contribution < 1.29 is 15.1 Å². The molecule has 0 radical (unpaired) electrons. The lowest BCUT2D eigenvalue weighted by atomic mass is 9.94. The van der Waals surface area contributed by atoms with Crippen molar-refractivity contribution in [2.45, 2.75) is 63.6 Å². The Hall–Kier alpha value is -0.240. The summed E-state index contributed by atoms with van der Waals surface area (Å²) >= 11 is 0. The lowest BCUT2D eigenvalue weighted by Gasteiger charge is -2.33. The highest BCUT2D eigenvalue weighted by Crippen LogP contribution is 2.19. The van der Waals surface area contributed by atoms with Crippen LogP contribution in [0, 0.1) is 5.92 Å². The minimum Gasteiger partial charge on any atom is -0.331 e. The molecule has 0 aromatic carbocycles. The number of nitrogens with two attached hydrogens (primary N) is 1. The molecule has 6 heteroatoms. The molecule has 0 spiro atoms. The molecular formula is C16H35N5O+2. The fourth-order valence-electron chi connectivity index (χ4n) is 4.48. The van der Waals surface area contributed by atoms with Crippen molar-refractivity contribution in [3.8, 4) is 0 Å². The smallest absolute Gasteiger partial charge is 0.183 e. The monoisotopic (exact) mass is 313 g/mol. The Morgan fingerprint density at radius 3 is 2.82 bits per heavy atom. The number of nitrogens with one attached hydrogen (secondary N) is 3. The van der Waals surface area contributed by atoms with E-state index in [0.717, 1.165) is 0 Å². The second kappa shape index (κ2) is 7.55. The maximum absolute atomic E-state index is 5.95.